The predicted molar refractivity (Wildman–Crippen MR) is 72.4 cm³/mol. The van der Waals surface area contributed by atoms with Crippen LogP contribution < -0.4 is 10.0 Å². The SMILES string of the molecule is C=CCN=C1Nc2cc(C)cc(C)c2S(=O)(=O)N1. The molecule has 5 nitrogen and oxygen atoms in total. The monoisotopic (exact) mass is 265 g/mol. The van der Waals surface area contributed by atoms with Crippen LogP contribution in [0.3, 0.4) is 0 Å². The highest BCUT2D eigenvalue weighted by molar-refractivity contribution is 7.90. The molecule has 0 aromatic heterocycles. The van der Waals surface area contributed by atoms with Crippen LogP contribution in [0.25, 0.3) is 0 Å². The summed E-state index contributed by atoms with van der Waals surface area (Å²) in [6, 6.07) is 3.63. The van der Waals surface area contributed by atoms with Crippen molar-refractivity contribution in [3.63, 3.8) is 0 Å². The Balaban J connectivity index is 2.57. The van der Waals surface area contributed by atoms with Gasteiger partial charge in [0.2, 0.25) is 5.96 Å². The lowest BCUT2D eigenvalue weighted by Gasteiger charge is -2.23. The highest BCUT2D eigenvalue weighted by atomic mass is 32.2. The fourth-order valence-corrected chi connectivity index (χ4v) is 3.32. The molecule has 96 valence electrons. The molecule has 0 saturated carbocycles. The van der Waals surface area contributed by atoms with Crippen LogP contribution in [-0.4, -0.2) is 20.9 Å². The Morgan fingerprint density at radius 2 is 2.11 bits per heavy atom. The van der Waals surface area contributed by atoms with Crippen molar-refractivity contribution >= 4 is 21.7 Å². The summed E-state index contributed by atoms with van der Waals surface area (Å²) in [4.78, 5) is 4.34. The molecule has 0 radical (unpaired) electrons. The summed E-state index contributed by atoms with van der Waals surface area (Å²) in [5.74, 6) is 0.229. The van der Waals surface area contributed by atoms with Crippen LogP contribution in [0.1, 0.15) is 11.1 Å². The van der Waals surface area contributed by atoms with Crippen molar-refractivity contribution in [2.75, 3.05) is 11.9 Å². The molecule has 6 heteroatoms. The molecule has 0 spiro atoms. The van der Waals surface area contributed by atoms with E-state index >= 15 is 0 Å². The fraction of sp³-hybridized carbons (Fsp3) is 0.250. The van der Waals surface area contributed by atoms with Crippen LogP contribution in [0.15, 0.2) is 34.7 Å². The van der Waals surface area contributed by atoms with E-state index in [-0.39, 0.29) is 10.9 Å². The average Bonchev–Trinajstić information content (AvgIpc) is 2.23. The van der Waals surface area contributed by atoms with Crippen molar-refractivity contribution in [3.05, 3.63) is 35.9 Å². The number of nitrogens with zero attached hydrogens (tertiary/aromatic N) is 1. The van der Waals surface area contributed by atoms with E-state index in [4.69, 9.17) is 0 Å². The second-order valence-electron chi connectivity index (χ2n) is 4.17. The van der Waals surface area contributed by atoms with Gasteiger partial charge in [-0.2, -0.15) is 0 Å². The number of sulfonamides is 1. The molecule has 0 fully saturated rings. The Labute approximate surface area is 107 Å². The number of guanidine groups is 1. The van der Waals surface area contributed by atoms with Crippen molar-refractivity contribution in [3.8, 4) is 0 Å². The van der Waals surface area contributed by atoms with E-state index in [2.05, 4.69) is 21.6 Å². The van der Waals surface area contributed by atoms with Gasteiger partial charge in [0, 0.05) is 0 Å². The molecule has 0 saturated heterocycles. The molecule has 1 heterocycles. The first-order chi connectivity index (χ1) is 8.44. The first-order valence-electron chi connectivity index (χ1n) is 5.50. The summed E-state index contributed by atoms with van der Waals surface area (Å²) in [6.45, 7) is 7.59. The molecule has 2 N–H and O–H groups in total. The van der Waals surface area contributed by atoms with Crippen LogP contribution in [0.2, 0.25) is 0 Å². The number of nitrogens with one attached hydrogen (secondary N) is 2. The Morgan fingerprint density at radius 3 is 2.78 bits per heavy atom. The van der Waals surface area contributed by atoms with Crippen LogP contribution in [0.5, 0.6) is 0 Å². The minimum Gasteiger partial charge on any atom is -0.324 e. The summed E-state index contributed by atoms with van der Waals surface area (Å²) in [7, 11) is -3.55. The number of hydrogen-bond acceptors (Lipinski definition) is 3. The number of benzene rings is 1. The van der Waals surface area contributed by atoms with Crippen LogP contribution in [-0.2, 0) is 10.0 Å². The van der Waals surface area contributed by atoms with Gasteiger partial charge < -0.3 is 5.32 Å². The van der Waals surface area contributed by atoms with E-state index in [0.29, 0.717) is 17.8 Å². The van der Waals surface area contributed by atoms with Crippen molar-refractivity contribution < 1.29 is 8.42 Å². The Morgan fingerprint density at radius 1 is 1.39 bits per heavy atom. The van der Waals surface area contributed by atoms with Gasteiger partial charge in [0.1, 0.15) is 4.90 Å². The summed E-state index contributed by atoms with van der Waals surface area (Å²) >= 11 is 0. The Hall–Kier alpha value is -1.82. The lowest BCUT2D eigenvalue weighted by molar-refractivity contribution is 0.591. The third-order valence-corrected chi connectivity index (χ3v) is 4.09. The van der Waals surface area contributed by atoms with E-state index in [1.54, 1.807) is 19.1 Å². The molecule has 18 heavy (non-hydrogen) atoms. The van der Waals surface area contributed by atoms with E-state index in [9.17, 15) is 8.42 Å². The largest absolute Gasteiger partial charge is 0.324 e. The first-order valence-corrected chi connectivity index (χ1v) is 6.99. The Bertz CT molecular complexity index is 633. The molecule has 1 aliphatic rings. The van der Waals surface area contributed by atoms with Crippen LogP contribution in [0.4, 0.5) is 5.69 Å². The topological polar surface area (TPSA) is 70.6 Å². The highest BCUT2D eigenvalue weighted by Crippen LogP contribution is 2.29. The van der Waals surface area contributed by atoms with Gasteiger partial charge in [-0.1, -0.05) is 12.1 Å². The molecule has 0 aliphatic carbocycles. The third kappa shape index (κ3) is 2.24. The average molecular weight is 265 g/mol. The summed E-state index contributed by atoms with van der Waals surface area (Å²) in [6.07, 6.45) is 1.60. The van der Waals surface area contributed by atoms with Crippen LogP contribution in [0, 0.1) is 13.8 Å². The highest BCUT2D eigenvalue weighted by Gasteiger charge is 2.28. The molecule has 0 amide bonds. The summed E-state index contributed by atoms with van der Waals surface area (Å²) in [5.41, 5.74) is 2.28. The van der Waals surface area contributed by atoms with Gasteiger partial charge in [-0.3, -0.25) is 0 Å². The maximum Gasteiger partial charge on any atom is 0.266 e. The molecular formula is C12H15N3O2S. The van der Waals surface area contributed by atoms with Gasteiger partial charge in [-0.05, 0) is 31.0 Å². The number of rotatable bonds is 2. The van der Waals surface area contributed by atoms with Crippen molar-refractivity contribution in [2.24, 2.45) is 4.99 Å². The molecule has 1 aromatic rings. The molecular weight excluding hydrogens is 250 g/mol. The minimum absolute atomic E-state index is 0.229. The number of fused-ring (bicyclic) bond motifs is 1. The normalized spacial score (nSPS) is 18.7. The maximum atomic E-state index is 12.1. The number of hydrogen-bond donors (Lipinski definition) is 2. The number of anilines is 1. The second kappa shape index (κ2) is 4.45. The molecule has 0 unspecified atom stereocenters. The third-order valence-electron chi connectivity index (χ3n) is 2.55. The first kappa shape index (κ1) is 12.6. The van der Waals surface area contributed by atoms with E-state index in [1.165, 1.54) is 0 Å². The zero-order valence-corrected chi connectivity index (χ0v) is 11.1. The summed E-state index contributed by atoms with van der Waals surface area (Å²) in [5, 5.41) is 2.98. The van der Waals surface area contributed by atoms with Crippen molar-refractivity contribution in [1.29, 1.82) is 0 Å². The fourth-order valence-electron chi connectivity index (χ4n) is 1.96. The maximum absolute atomic E-state index is 12.1. The Kier molecular flexibility index (Phi) is 3.13. The van der Waals surface area contributed by atoms with Gasteiger partial charge in [-0.15, -0.1) is 6.58 Å². The van der Waals surface area contributed by atoms with E-state index < -0.39 is 10.0 Å². The zero-order chi connectivity index (χ0) is 13.3. The zero-order valence-electron chi connectivity index (χ0n) is 10.3. The predicted octanol–water partition coefficient (Wildman–Crippen LogP) is 1.55. The number of aryl methyl sites for hydroxylation is 2. The molecule has 1 aromatic carbocycles. The van der Waals surface area contributed by atoms with Gasteiger partial charge in [0.15, 0.2) is 0 Å². The quantitative estimate of drug-likeness (QED) is 0.797. The van der Waals surface area contributed by atoms with E-state index in [1.807, 2.05) is 13.0 Å². The van der Waals surface area contributed by atoms with E-state index in [0.717, 1.165) is 5.56 Å². The van der Waals surface area contributed by atoms with Gasteiger partial charge >= 0.3 is 0 Å². The lowest BCUT2D eigenvalue weighted by atomic mass is 10.1. The summed E-state index contributed by atoms with van der Waals surface area (Å²) < 4.78 is 26.6. The lowest BCUT2D eigenvalue weighted by Crippen LogP contribution is -2.41. The van der Waals surface area contributed by atoms with Gasteiger partial charge in [0.25, 0.3) is 10.0 Å². The van der Waals surface area contributed by atoms with Crippen LogP contribution >= 0.6 is 0 Å². The van der Waals surface area contributed by atoms with Gasteiger partial charge in [-0.25, -0.2) is 18.1 Å². The van der Waals surface area contributed by atoms with Gasteiger partial charge in [0.05, 0.1) is 12.2 Å². The minimum atomic E-state index is -3.55. The second-order valence-corrected chi connectivity index (χ2v) is 5.79. The van der Waals surface area contributed by atoms with Crippen molar-refractivity contribution in [1.82, 2.24) is 4.72 Å². The van der Waals surface area contributed by atoms with Crippen molar-refractivity contribution in [2.45, 2.75) is 18.7 Å². The molecule has 2 rings (SSSR count). The molecule has 0 atom stereocenters. The molecule has 0 bridgehead atoms. The number of aliphatic imine (C=N–C) groups is 1. The smallest absolute Gasteiger partial charge is 0.266 e. The molecule has 1 aliphatic heterocycles. The standard InChI is InChI=1S/C12H15N3O2S/c1-4-5-13-12-14-10-7-8(2)6-9(3)11(10)18(16,17)15-12/h4,6-7H,1,5H2,2-3H3,(H2,13,14,15).